The van der Waals surface area contributed by atoms with E-state index in [-0.39, 0.29) is 11.3 Å². The van der Waals surface area contributed by atoms with E-state index in [9.17, 15) is 14.4 Å². The molecule has 5 nitrogen and oxygen atoms in total. The van der Waals surface area contributed by atoms with E-state index in [1.807, 2.05) is 0 Å². The highest BCUT2D eigenvalue weighted by atomic mass is 16.2. The molecule has 1 aliphatic heterocycles. The first kappa shape index (κ1) is 26.0. The van der Waals surface area contributed by atoms with Gasteiger partial charge in [-0.15, -0.1) is 0 Å². The van der Waals surface area contributed by atoms with Crippen LogP contribution in [0.15, 0.2) is 11.6 Å². The highest BCUT2D eigenvalue weighted by Crippen LogP contribution is 2.67. The lowest BCUT2D eigenvalue weighted by atomic mass is 9.46. The van der Waals surface area contributed by atoms with Crippen molar-refractivity contribution in [2.45, 2.75) is 105 Å². The molecule has 5 aliphatic rings. The van der Waals surface area contributed by atoms with Gasteiger partial charge in [0.05, 0.1) is 0 Å². The maximum absolute atomic E-state index is 12.5. The first-order valence-corrected chi connectivity index (χ1v) is 14.9. The van der Waals surface area contributed by atoms with Gasteiger partial charge in [-0.05, 0) is 104 Å². The van der Waals surface area contributed by atoms with E-state index in [4.69, 9.17) is 0 Å². The highest BCUT2D eigenvalue weighted by Gasteiger charge is 2.59. The lowest BCUT2D eigenvalue weighted by Gasteiger charge is -2.59. The van der Waals surface area contributed by atoms with E-state index in [0.29, 0.717) is 5.41 Å². The van der Waals surface area contributed by atoms with E-state index >= 15 is 0 Å². The molecule has 0 aromatic heterocycles. The second-order valence-corrected chi connectivity index (χ2v) is 14.1. The number of hydrogen-bond donors (Lipinski definition) is 2. The van der Waals surface area contributed by atoms with Crippen LogP contribution in [0, 0.1) is 58.2 Å². The summed E-state index contributed by atoms with van der Waals surface area (Å²) in [5.74, 6) is 3.26. The van der Waals surface area contributed by atoms with Gasteiger partial charge in [0.15, 0.2) is 0 Å². The smallest absolute Gasteiger partial charge is 0.277 e. The minimum atomic E-state index is -0.742. The van der Waals surface area contributed by atoms with Crippen molar-refractivity contribution in [3.8, 4) is 0 Å². The van der Waals surface area contributed by atoms with Gasteiger partial charge in [-0.2, -0.15) is 0 Å². The van der Waals surface area contributed by atoms with Crippen molar-refractivity contribution in [3.05, 3.63) is 11.6 Å². The molecule has 5 rings (SSSR count). The molecule has 8 atom stereocenters. The summed E-state index contributed by atoms with van der Waals surface area (Å²) in [6.07, 6.45) is 16.0. The molecule has 4 amide bonds. The van der Waals surface area contributed by atoms with Crippen molar-refractivity contribution < 1.29 is 14.4 Å². The van der Waals surface area contributed by atoms with Gasteiger partial charge in [-0.25, -0.2) is 4.79 Å². The zero-order valence-corrected chi connectivity index (χ0v) is 23.2. The third-order valence-corrected chi connectivity index (χ3v) is 11.9. The minimum Gasteiger partial charge on any atom is -0.277 e. The Balaban J connectivity index is 1.30. The Bertz CT molecular complexity index is 920. The Morgan fingerprint density at radius 2 is 1.64 bits per heavy atom. The molecular weight excluding hydrogens is 448 g/mol. The summed E-state index contributed by atoms with van der Waals surface area (Å²) in [5, 5.41) is 4.63. The van der Waals surface area contributed by atoms with Crippen molar-refractivity contribution in [2.75, 3.05) is 0 Å². The molecule has 4 aliphatic carbocycles. The maximum atomic E-state index is 12.5. The molecule has 1 heterocycles. The fourth-order valence-electron chi connectivity index (χ4n) is 9.96. The van der Waals surface area contributed by atoms with Crippen LogP contribution in [-0.2, 0) is 9.59 Å². The third-order valence-electron chi connectivity index (χ3n) is 11.9. The van der Waals surface area contributed by atoms with Gasteiger partial charge in [-0.1, -0.05) is 65.5 Å². The second kappa shape index (κ2) is 9.58. The zero-order valence-electron chi connectivity index (χ0n) is 23.2. The van der Waals surface area contributed by atoms with Gasteiger partial charge in [0.2, 0.25) is 11.8 Å². The number of urea groups is 1. The monoisotopic (exact) mass is 496 g/mol. The van der Waals surface area contributed by atoms with Crippen LogP contribution in [-0.4, -0.2) is 17.8 Å². The number of nitrogens with one attached hydrogen (secondary N) is 2. The lowest BCUT2D eigenvalue weighted by Crippen LogP contribution is -2.58. The summed E-state index contributed by atoms with van der Waals surface area (Å²) in [5.41, 5.74) is 2.17. The summed E-state index contributed by atoms with van der Waals surface area (Å²) < 4.78 is 0. The fourth-order valence-corrected chi connectivity index (χ4v) is 9.96. The number of carbonyl (C=O) groups is 3. The number of imide groups is 2. The standard InChI is InChI=1S/C31H48N2O3/c1-18(2)7-6-8-19(3)23-11-12-24-22-10-9-21-17-20(26-27(34)32-29(36)33-28(26)35)13-15-30(21,4)25(22)14-16-31(23,24)5/h9,18-20,22-26H,6-8,10-17H2,1-5H3,(H2,32,33,34,35,36)/t19-,20-,22+,23-,24+,25+,30+,31-/m1/s1. The van der Waals surface area contributed by atoms with E-state index in [1.165, 1.54) is 56.9 Å². The molecular formula is C31H48N2O3. The molecule has 36 heavy (non-hydrogen) atoms. The third kappa shape index (κ3) is 4.26. The van der Waals surface area contributed by atoms with Gasteiger partial charge in [0, 0.05) is 0 Å². The van der Waals surface area contributed by atoms with Crippen molar-refractivity contribution in [3.63, 3.8) is 0 Å². The summed E-state index contributed by atoms with van der Waals surface area (Å²) in [6, 6.07) is -0.684. The number of barbiturate groups is 1. The predicted molar refractivity (Wildman–Crippen MR) is 142 cm³/mol. The Labute approximate surface area is 218 Å². The number of fused-ring (bicyclic) bond motifs is 5. The first-order valence-electron chi connectivity index (χ1n) is 14.9. The van der Waals surface area contributed by atoms with E-state index < -0.39 is 23.8 Å². The molecule has 2 N–H and O–H groups in total. The van der Waals surface area contributed by atoms with Crippen LogP contribution in [0.2, 0.25) is 0 Å². The second-order valence-electron chi connectivity index (χ2n) is 14.1. The van der Waals surface area contributed by atoms with Gasteiger partial charge in [0.25, 0.3) is 0 Å². The summed E-state index contributed by atoms with van der Waals surface area (Å²) in [7, 11) is 0. The number of rotatable bonds is 6. The van der Waals surface area contributed by atoms with Crippen LogP contribution in [0.3, 0.4) is 0 Å². The van der Waals surface area contributed by atoms with E-state index in [1.54, 1.807) is 0 Å². The van der Waals surface area contributed by atoms with Crippen LogP contribution in [0.25, 0.3) is 0 Å². The molecule has 0 bridgehead atoms. The lowest BCUT2D eigenvalue weighted by molar-refractivity contribution is -0.139. The van der Waals surface area contributed by atoms with E-state index in [0.717, 1.165) is 54.8 Å². The SMILES string of the molecule is CC(C)CCC[C@@H](C)[C@H]1CC[C@H]2[C@@H]3CC=C4C[C@H](C5C(=O)NC(=O)NC5=O)CC[C@]4(C)[C@H]3CC[C@]12C. The number of hydrogen-bond acceptors (Lipinski definition) is 3. The molecule has 1 saturated heterocycles. The number of amides is 4. The molecule has 0 spiro atoms. The van der Waals surface area contributed by atoms with Gasteiger partial charge in [-0.3, -0.25) is 20.2 Å². The quantitative estimate of drug-likeness (QED) is 0.320. The normalized spacial score (nSPS) is 41.7. The Kier molecular flexibility index (Phi) is 6.91. The summed E-state index contributed by atoms with van der Waals surface area (Å²) in [6.45, 7) is 12.4. The first-order chi connectivity index (χ1) is 17.0. The molecule has 4 fully saturated rings. The van der Waals surface area contributed by atoms with Crippen LogP contribution in [0.4, 0.5) is 4.79 Å². The molecule has 5 heteroatoms. The Morgan fingerprint density at radius 1 is 0.917 bits per heavy atom. The maximum Gasteiger partial charge on any atom is 0.328 e. The molecule has 0 radical (unpaired) electrons. The van der Waals surface area contributed by atoms with Crippen molar-refractivity contribution in [1.29, 1.82) is 0 Å². The number of carbonyl (C=O) groups excluding carboxylic acids is 3. The van der Waals surface area contributed by atoms with Gasteiger partial charge in [0.1, 0.15) is 5.92 Å². The zero-order chi connectivity index (χ0) is 25.8. The average molecular weight is 497 g/mol. The van der Waals surface area contributed by atoms with E-state index in [2.05, 4.69) is 51.3 Å². The highest BCUT2D eigenvalue weighted by molar-refractivity contribution is 6.16. The molecule has 3 saturated carbocycles. The molecule has 0 unspecified atom stereocenters. The Morgan fingerprint density at radius 3 is 2.33 bits per heavy atom. The van der Waals surface area contributed by atoms with Crippen LogP contribution >= 0.6 is 0 Å². The predicted octanol–water partition coefficient (Wildman–Crippen LogP) is 6.63. The minimum absolute atomic E-state index is 0.00891. The summed E-state index contributed by atoms with van der Waals surface area (Å²) in [4.78, 5) is 36.6. The molecule has 200 valence electrons. The van der Waals surface area contributed by atoms with Gasteiger partial charge >= 0.3 is 6.03 Å². The van der Waals surface area contributed by atoms with Crippen LogP contribution in [0.1, 0.15) is 105 Å². The largest absolute Gasteiger partial charge is 0.328 e. The van der Waals surface area contributed by atoms with Crippen LogP contribution in [0.5, 0.6) is 0 Å². The molecule has 0 aromatic carbocycles. The van der Waals surface area contributed by atoms with Crippen molar-refractivity contribution in [1.82, 2.24) is 10.6 Å². The fraction of sp³-hybridized carbons (Fsp3) is 0.839. The Hall–Kier alpha value is -1.65. The average Bonchev–Trinajstić information content (AvgIpc) is 3.15. The van der Waals surface area contributed by atoms with Crippen molar-refractivity contribution >= 4 is 17.8 Å². The van der Waals surface area contributed by atoms with Gasteiger partial charge < -0.3 is 0 Å². The van der Waals surface area contributed by atoms with Crippen molar-refractivity contribution in [2.24, 2.45) is 58.2 Å². The number of allylic oxidation sites excluding steroid dienone is 2. The topological polar surface area (TPSA) is 75.3 Å². The van der Waals surface area contributed by atoms with Crippen LogP contribution < -0.4 is 10.6 Å². The summed E-state index contributed by atoms with van der Waals surface area (Å²) >= 11 is 0. The molecule has 0 aromatic rings.